The summed E-state index contributed by atoms with van der Waals surface area (Å²) >= 11 is -3.86. The molecule has 0 bridgehead atoms. The standard InChI is InChI=1S/2NO3.Sn/c2*2-1(3)4;/q2*-1;+4. The molecular formula is N2O6Sn+2. The summed E-state index contributed by atoms with van der Waals surface area (Å²) in [5, 5.41) is -0.299. The van der Waals surface area contributed by atoms with Gasteiger partial charge in [0.1, 0.15) is 0 Å². The molecule has 0 aromatic heterocycles. The molecule has 0 atom stereocenters. The van der Waals surface area contributed by atoms with Crippen LogP contribution in [0.4, 0.5) is 0 Å². The maximum absolute atomic E-state index is 9.86. The zero-order valence-electron chi connectivity index (χ0n) is 3.84. The van der Waals surface area contributed by atoms with Crippen molar-refractivity contribution in [3.8, 4) is 0 Å². The van der Waals surface area contributed by atoms with Crippen LogP contribution in [0.25, 0.3) is 0 Å². The molecule has 0 aromatic carbocycles. The monoisotopic (exact) mass is 244 g/mol. The number of rotatable bonds is 0. The van der Waals surface area contributed by atoms with Crippen molar-refractivity contribution >= 4 is 20.0 Å². The summed E-state index contributed by atoms with van der Waals surface area (Å²) in [6.07, 6.45) is 0. The van der Waals surface area contributed by atoms with Gasteiger partial charge in [-0.25, -0.2) is 0 Å². The number of nitrogens with zero attached hydrogens (tertiary/aromatic N) is 2. The SMILES string of the molecule is O=[N+]1[O][Sn]2([O]1)[O][N+](=O)[O]2. The summed E-state index contributed by atoms with van der Waals surface area (Å²) in [5.74, 6) is 0. The van der Waals surface area contributed by atoms with E-state index in [1.54, 1.807) is 0 Å². The Balaban J connectivity index is 2.01. The predicted octanol–water partition coefficient (Wildman–Crippen LogP) is -1.27. The molecule has 48 valence electrons. The minimum absolute atomic E-state index is 0.150. The molecule has 9 heavy (non-hydrogen) atoms. The topological polar surface area (TPSA) is 77.1 Å². The molecule has 0 unspecified atom stereocenters. The molecule has 2 fully saturated rings. The van der Waals surface area contributed by atoms with Gasteiger partial charge < -0.3 is 0 Å². The first-order valence-corrected chi connectivity index (χ1v) is 6.57. The molecule has 0 radical (unpaired) electrons. The summed E-state index contributed by atoms with van der Waals surface area (Å²) in [6.45, 7) is 0. The van der Waals surface area contributed by atoms with Crippen LogP contribution in [-0.2, 0) is 12.7 Å². The second-order valence-corrected chi connectivity index (χ2v) is 6.25. The van der Waals surface area contributed by atoms with Gasteiger partial charge >= 0.3 is 52.7 Å². The van der Waals surface area contributed by atoms with Crippen molar-refractivity contribution < 1.29 is 22.9 Å². The van der Waals surface area contributed by atoms with Crippen LogP contribution in [0.3, 0.4) is 0 Å². The Kier molecular flexibility index (Phi) is 0.668. The summed E-state index contributed by atoms with van der Waals surface area (Å²) in [7, 11) is 0. The fraction of sp³-hybridized carbons (Fsp3) is 0. The van der Waals surface area contributed by atoms with Crippen LogP contribution in [-0.4, -0.2) is 30.2 Å². The third-order valence-corrected chi connectivity index (χ3v) is 5.00. The molecule has 2 aliphatic heterocycles. The Morgan fingerprint density at radius 1 is 0.889 bits per heavy atom. The van der Waals surface area contributed by atoms with Crippen LogP contribution in [0.5, 0.6) is 0 Å². The zero-order valence-corrected chi connectivity index (χ0v) is 6.70. The van der Waals surface area contributed by atoms with Crippen LogP contribution >= 0.6 is 0 Å². The van der Waals surface area contributed by atoms with Crippen LogP contribution in [0.1, 0.15) is 0 Å². The zero-order chi connectivity index (χ0) is 6.48. The molecule has 0 aromatic rings. The Labute approximate surface area is 53.3 Å². The summed E-state index contributed by atoms with van der Waals surface area (Å²) < 4.78 is 16.8. The van der Waals surface area contributed by atoms with Crippen molar-refractivity contribution in [1.82, 2.24) is 0 Å². The van der Waals surface area contributed by atoms with Gasteiger partial charge in [-0.1, -0.05) is 0 Å². The molecule has 2 heterocycles. The van der Waals surface area contributed by atoms with Gasteiger partial charge in [-0.15, -0.1) is 0 Å². The van der Waals surface area contributed by atoms with E-state index in [1.807, 2.05) is 0 Å². The molecule has 9 heteroatoms. The number of hydrogen-bond donors (Lipinski definition) is 0. The van der Waals surface area contributed by atoms with Crippen molar-refractivity contribution in [2.24, 2.45) is 0 Å². The van der Waals surface area contributed by atoms with Gasteiger partial charge in [-0.2, -0.15) is 0 Å². The first-order valence-electron chi connectivity index (χ1n) is 1.91. The van der Waals surface area contributed by atoms with Gasteiger partial charge in [-0.05, 0) is 0 Å². The summed E-state index contributed by atoms with van der Waals surface area (Å²) in [5.41, 5.74) is 0. The van der Waals surface area contributed by atoms with E-state index in [0.717, 1.165) is 0 Å². The molecule has 8 nitrogen and oxygen atoms in total. The number of hydrogen-bond acceptors (Lipinski definition) is 6. The fourth-order valence-electron chi connectivity index (χ4n) is 0.445. The van der Waals surface area contributed by atoms with E-state index < -0.39 is 20.0 Å². The first kappa shape index (κ1) is 5.02. The van der Waals surface area contributed by atoms with Gasteiger partial charge in [0.2, 0.25) is 0 Å². The molecule has 0 saturated carbocycles. The molecule has 0 N–H and O–H groups in total. The van der Waals surface area contributed by atoms with Crippen molar-refractivity contribution in [3.05, 3.63) is 9.81 Å². The van der Waals surface area contributed by atoms with E-state index in [4.69, 9.17) is 0 Å². The van der Waals surface area contributed by atoms with Crippen LogP contribution < -0.4 is 0 Å². The predicted molar refractivity (Wildman–Crippen MR) is 17.3 cm³/mol. The minimum atomic E-state index is -3.86. The van der Waals surface area contributed by atoms with Crippen LogP contribution in [0.2, 0.25) is 0 Å². The first-order chi connectivity index (χ1) is 4.20. The average Bonchev–Trinajstić information content (AvgIpc) is 1.58. The second-order valence-electron chi connectivity index (χ2n) is 1.31. The Morgan fingerprint density at radius 3 is 1.44 bits per heavy atom. The van der Waals surface area contributed by atoms with Crippen LogP contribution in [0, 0.1) is 9.81 Å². The van der Waals surface area contributed by atoms with Gasteiger partial charge in [-0.3, -0.25) is 0 Å². The van der Waals surface area contributed by atoms with Crippen molar-refractivity contribution in [2.75, 3.05) is 0 Å². The van der Waals surface area contributed by atoms with E-state index in [-0.39, 0.29) is 10.2 Å². The Morgan fingerprint density at radius 2 is 1.22 bits per heavy atom. The quantitative estimate of drug-likeness (QED) is 0.493. The molecule has 2 rings (SSSR count). The molecule has 1 spiro atoms. The Bertz CT molecular complexity index is 156. The summed E-state index contributed by atoms with van der Waals surface area (Å²) in [4.78, 5) is 19.7. The van der Waals surface area contributed by atoms with Gasteiger partial charge in [0.15, 0.2) is 0 Å². The molecule has 0 aliphatic carbocycles. The third kappa shape index (κ3) is 0.528. The van der Waals surface area contributed by atoms with Gasteiger partial charge in [0, 0.05) is 0 Å². The fourth-order valence-corrected chi connectivity index (χ4v) is 2.99. The molecular weight excluding hydrogens is 243 g/mol. The van der Waals surface area contributed by atoms with Crippen molar-refractivity contribution in [1.29, 1.82) is 0 Å². The van der Waals surface area contributed by atoms with Crippen molar-refractivity contribution in [2.45, 2.75) is 0 Å². The Hall–Kier alpha value is -0.801. The van der Waals surface area contributed by atoms with E-state index in [2.05, 4.69) is 12.7 Å². The van der Waals surface area contributed by atoms with E-state index in [9.17, 15) is 9.81 Å². The third-order valence-electron chi connectivity index (χ3n) is 0.745. The van der Waals surface area contributed by atoms with E-state index in [0.29, 0.717) is 0 Å². The molecule has 2 aliphatic rings. The molecule has 0 amide bonds. The second kappa shape index (κ2) is 1.20. The van der Waals surface area contributed by atoms with E-state index in [1.165, 1.54) is 0 Å². The average molecular weight is 243 g/mol. The van der Waals surface area contributed by atoms with Crippen LogP contribution in [0.15, 0.2) is 0 Å². The normalized spacial score (nSPS) is 26.2. The maximum atomic E-state index is 9.86. The van der Waals surface area contributed by atoms with Gasteiger partial charge in [0.25, 0.3) is 0 Å². The van der Waals surface area contributed by atoms with Crippen molar-refractivity contribution in [3.63, 3.8) is 0 Å². The van der Waals surface area contributed by atoms with E-state index >= 15 is 0 Å². The summed E-state index contributed by atoms with van der Waals surface area (Å²) in [6, 6.07) is 0. The molecule has 2 saturated heterocycles. The van der Waals surface area contributed by atoms with Gasteiger partial charge in [0.05, 0.1) is 0 Å².